The van der Waals surface area contributed by atoms with Gasteiger partial charge in [-0.15, -0.1) is 12.4 Å². The number of nitrogens with two attached hydrogens (primary N) is 1. The van der Waals surface area contributed by atoms with Gasteiger partial charge in [-0.3, -0.25) is 0 Å². The van der Waals surface area contributed by atoms with Crippen LogP contribution in [0.5, 0.6) is 0 Å². The molecule has 0 spiro atoms. The molecule has 1 rings (SSSR count). The van der Waals surface area contributed by atoms with Crippen LogP contribution in [0.2, 0.25) is 0 Å². The Hall–Kier alpha value is -0.810. The molecule has 0 fully saturated rings. The second kappa shape index (κ2) is 3.93. The number of nitrogen functional groups attached to an aromatic ring is 1. The summed E-state index contributed by atoms with van der Waals surface area (Å²) in [5.41, 5.74) is 5.53. The quantitative estimate of drug-likeness (QED) is 0.732. The van der Waals surface area contributed by atoms with Gasteiger partial charge in [-0.25, -0.2) is 12.8 Å². The lowest BCUT2D eigenvalue weighted by Gasteiger charge is -2.00. The Bertz CT molecular complexity index is 405. The molecule has 3 nitrogen and oxygen atoms in total. The molecule has 0 amide bonds. The molecule has 1 aromatic rings. The molecule has 1 aromatic carbocycles. The first kappa shape index (κ1) is 12.2. The minimum absolute atomic E-state index is 0. The van der Waals surface area contributed by atoms with Gasteiger partial charge in [0.05, 0.1) is 0 Å². The van der Waals surface area contributed by atoms with Crippen molar-refractivity contribution in [3.8, 4) is 0 Å². The highest BCUT2D eigenvalue weighted by molar-refractivity contribution is 7.90. The normalized spacial score (nSPS) is 10.6. The van der Waals surface area contributed by atoms with Crippen molar-refractivity contribution in [1.29, 1.82) is 0 Å². The van der Waals surface area contributed by atoms with E-state index < -0.39 is 15.7 Å². The molecule has 2 N–H and O–H groups in total. The van der Waals surface area contributed by atoms with Gasteiger partial charge in [0, 0.05) is 11.9 Å². The maximum absolute atomic E-state index is 12.8. The third kappa shape index (κ3) is 2.86. The van der Waals surface area contributed by atoms with E-state index in [1.54, 1.807) is 0 Å². The van der Waals surface area contributed by atoms with Crippen molar-refractivity contribution in [3.05, 3.63) is 24.0 Å². The Balaban J connectivity index is 0.00000144. The van der Waals surface area contributed by atoms with E-state index in [0.29, 0.717) is 0 Å². The summed E-state index contributed by atoms with van der Waals surface area (Å²) >= 11 is 0. The fourth-order valence-electron chi connectivity index (χ4n) is 0.804. The molecule has 0 aromatic heterocycles. The van der Waals surface area contributed by atoms with Gasteiger partial charge in [0.2, 0.25) is 0 Å². The van der Waals surface area contributed by atoms with Gasteiger partial charge in [-0.2, -0.15) is 0 Å². The van der Waals surface area contributed by atoms with Crippen molar-refractivity contribution in [2.45, 2.75) is 4.90 Å². The van der Waals surface area contributed by atoms with Crippen molar-refractivity contribution in [1.82, 2.24) is 0 Å². The lowest BCUT2D eigenvalue weighted by atomic mass is 10.3. The first-order chi connectivity index (χ1) is 5.41. The fourth-order valence-corrected chi connectivity index (χ4v) is 1.58. The second-order valence-corrected chi connectivity index (χ2v) is 4.45. The number of rotatable bonds is 1. The highest BCUT2D eigenvalue weighted by atomic mass is 35.5. The standard InChI is InChI=1S/C7H8FNO2S.ClH/c1-12(10,11)7-4-5(9)2-3-6(7)8;/h2-4H,9H2,1H3;1H. The SMILES string of the molecule is CS(=O)(=O)c1cc(N)ccc1F.Cl. The minimum atomic E-state index is -3.51. The Morgan fingerprint density at radius 1 is 1.38 bits per heavy atom. The predicted octanol–water partition coefficient (Wildman–Crippen LogP) is 1.23. The maximum Gasteiger partial charge on any atom is 0.178 e. The maximum atomic E-state index is 12.8. The molecule has 0 bridgehead atoms. The molecule has 74 valence electrons. The molecule has 0 saturated carbocycles. The van der Waals surface area contributed by atoms with Crippen LogP contribution in [0.4, 0.5) is 10.1 Å². The van der Waals surface area contributed by atoms with Gasteiger partial charge in [0.1, 0.15) is 10.7 Å². The van der Waals surface area contributed by atoms with E-state index in [1.807, 2.05) is 0 Å². The number of hydrogen-bond donors (Lipinski definition) is 1. The van der Waals surface area contributed by atoms with Crippen LogP contribution in [-0.4, -0.2) is 14.7 Å². The first-order valence-corrected chi connectivity index (χ1v) is 5.05. The molecule has 0 aliphatic rings. The minimum Gasteiger partial charge on any atom is -0.399 e. The summed E-state index contributed by atoms with van der Waals surface area (Å²) in [5.74, 6) is -0.772. The molecular weight excluding hydrogens is 217 g/mol. The molecule has 0 aliphatic carbocycles. The van der Waals surface area contributed by atoms with Crippen molar-refractivity contribution < 1.29 is 12.8 Å². The molecule has 0 unspecified atom stereocenters. The topological polar surface area (TPSA) is 60.2 Å². The second-order valence-electron chi connectivity index (χ2n) is 2.46. The van der Waals surface area contributed by atoms with Crippen molar-refractivity contribution in [2.75, 3.05) is 12.0 Å². The first-order valence-electron chi connectivity index (χ1n) is 3.16. The Labute approximate surface area is 82.1 Å². The molecular formula is C7H9ClFNO2S. The van der Waals surface area contributed by atoms with Crippen LogP contribution in [0.1, 0.15) is 0 Å². The van der Waals surface area contributed by atoms with E-state index in [-0.39, 0.29) is 23.0 Å². The summed E-state index contributed by atoms with van der Waals surface area (Å²) < 4.78 is 34.7. The number of anilines is 1. The van der Waals surface area contributed by atoms with Crippen LogP contribution in [0, 0.1) is 5.82 Å². The van der Waals surface area contributed by atoms with E-state index in [2.05, 4.69) is 0 Å². The molecule has 0 radical (unpaired) electrons. The van der Waals surface area contributed by atoms with Gasteiger partial charge in [0.25, 0.3) is 0 Å². The smallest absolute Gasteiger partial charge is 0.178 e. The van der Waals surface area contributed by atoms with E-state index in [4.69, 9.17) is 5.73 Å². The van der Waals surface area contributed by atoms with Crippen LogP contribution >= 0.6 is 12.4 Å². The number of sulfone groups is 1. The van der Waals surface area contributed by atoms with Gasteiger partial charge in [-0.1, -0.05) is 0 Å². The number of benzene rings is 1. The van der Waals surface area contributed by atoms with Crippen LogP contribution in [0.25, 0.3) is 0 Å². The van der Waals surface area contributed by atoms with Gasteiger partial charge in [0.15, 0.2) is 9.84 Å². The highest BCUT2D eigenvalue weighted by Crippen LogP contribution is 2.16. The number of hydrogen-bond acceptors (Lipinski definition) is 3. The third-order valence-electron chi connectivity index (χ3n) is 1.35. The average molecular weight is 226 g/mol. The summed E-state index contributed by atoms with van der Waals surface area (Å²) in [6.45, 7) is 0. The molecule has 0 heterocycles. The van der Waals surface area contributed by atoms with Crippen LogP contribution in [0.3, 0.4) is 0 Å². The van der Waals surface area contributed by atoms with Crippen molar-refractivity contribution >= 4 is 27.9 Å². The zero-order valence-electron chi connectivity index (χ0n) is 6.82. The summed E-state index contributed by atoms with van der Waals surface area (Å²) in [5, 5.41) is 0. The molecule has 13 heavy (non-hydrogen) atoms. The highest BCUT2D eigenvalue weighted by Gasteiger charge is 2.12. The summed E-state index contributed by atoms with van der Waals surface area (Å²) in [7, 11) is -3.51. The molecule has 6 heteroatoms. The van der Waals surface area contributed by atoms with Crippen LogP contribution in [-0.2, 0) is 9.84 Å². The van der Waals surface area contributed by atoms with Crippen molar-refractivity contribution in [3.63, 3.8) is 0 Å². The molecule has 0 aliphatic heterocycles. The number of halogens is 2. The van der Waals surface area contributed by atoms with Crippen LogP contribution < -0.4 is 5.73 Å². The largest absolute Gasteiger partial charge is 0.399 e. The van der Waals surface area contributed by atoms with Gasteiger partial charge in [-0.05, 0) is 18.2 Å². The lowest BCUT2D eigenvalue weighted by molar-refractivity contribution is 0.571. The Morgan fingerprint density at radius 2 is 1.92 bits per heavy atom. The third-order valence-corrected chi connectivity index (χ3v) is 2.47. The van der Waals surface area contributed by atoms with Gasteiger partial charge < -0.3 is 5.73 Å². The summed E-state index contributed by atoms with van der Waals surface area (Å²) in [6, 6.07) is 3.44. The zero-order valence-corrected chi connectivity index (χ0v) is 8.45. The molecule has 0 saturated heterocycles. The fraction of sp³-hybridized carbons (Fsp3) is 0.143. The Morgan fingerprint density at radius 3 is 2.31 bits per heavy atom. The zero-order chi connectivity index (χ0) is 9.35. The van der Waals surface area contributed by atoms with Gasteiger partial charge >= 0.3 is 0 Å². The van der Waals surface area contributed by atoms with E-state index >= 15 is 0 Å². The van der Waals surface area contributed by atoms with E-state index in [9.17, 15) is 12.8 Å². The predicted molar refractivity (Wildman–Crippen MR) is 51.2 cm³/mol. The average Bonchev–Trinajstić information content (AvgIpc) is 1.92. The summed E-state index contributed by atoms with van der Waals surface area (Å²) in [6.07, 6.45) is 0.935. The lowest BCUT2D eigenvalue weighted by Crippen LogP contribution is -2.01. The van der Waals surface area contributed by atoms with E-state index in [0.717, 1.165) is 18.4 Å². The van der Waals surface area contributed by atoms with E-state index in [1.165, 1.54) is 6.07 Å². The van der Waals surface area contributed by atoms with Crippen LogP contribution in [0.15, 0.2) is 23.1 Å². The molecule has 0 atom stereocenters. The monoisotopic (exact) mass is 225 g/mol. The van der Waals surface area contributed by atoms with Crippen molar-refractivity contribution in [2.24, 2.45) is 0 Å². The summed E-state index contributed by atoms with van der Waals surface area (Å²) in [4.78, 5) is -0.359. The Kier molecular flexibility index (Phi) is 3.69.